The molecule has 0 bridgehead atoms. The van der Waals surface area contributed by atoms with Crippen molar-refractivity contribution in [3.05, 3.63) is 59.1 Å². The third-order valence-electron chi connectivity index (χ3n) is 4.93. The molecule has 0 unspecified atom stereocenters. The van der Waals surface area contributed by atoms with E-state index in [1.807, 2.05) is 0 Å². The maximum Gasteiger partial charge on any atom is 0.245 e. The number of nitrogens with one attached hydrogen (secondary N) is 1. The Hall–Kier alpha value is -3.48. The van der Waals surface area contributed by atoms with Gasteiger partial charge >= 0.3 is 0 Å². The lowest BCUT2D eigenvalue weighted by atomic mass is 9.86. The van der Waals surface area contributed by atoms with Crippen LogP contribution in [0, 0.1) is 0 Å². The van der Waals surface area contributed by atoms with E-state index in [1.54, 1.807) is 0 Å². The molecule has 3 aliphatic heterocycles. The first-order valence-corrected chi connectivity index (χ1v) is 8.40. The van der Waals surface area contributed by atoms with E-state index in [0.717, 1.165) is 0 Å². The number of rotatable bonds is 1. The standard InChI is InChI=1S/C22H19N3O4/c1-24-10-19(26)25-16(22(24)27)9-14-13-4-2-3-5-15(13)23-20(14)21(25)12-6-7-17-18(8-12)29-11-28-17/h2-8,16,21,23H,9-11H2,1H3/t16-,21-/m1/s1/i1D3,2D,3D,4D,5D,6D,7D,8D,10D2,11D2,21D. The third kappa shape index (κ3) is 2.24. The number of amides is 2. The van der Waals surface area contributed by atoms with Gasteiger partial charge in [-0.3, -0.25) is 9.59 Å². The second kappa shape index (κ2) is 5.76. The largest absolute Gasteiger partial charge is 0.454 e. The summed E-state index contributed by atoms with van der Waals surface area (Å²) in [5, 5.41) is -0.238. The number of aromatic amines is 1. The summed E-state index contributed by atoms with van der Waals surface area (Å²) in [5.41, 5.74) is -1.86. The number of likely N-dealkylation sites (N-methyl/N-ethyl adjacent to an activating group) is 1. The Balaban J connectivity index is 1.77. The molecule has 7 heteroatoms. The van der Waals surface area contributed by atoms with E-state index < -0.39 is 116 Å². The molecule has 0 radical (unpaired) electrons. The molecule has 1 N–H and O–H groups in total. The van der Waals surface area contributed by atoms with Crippen LogP contribution in [0.4, 0.5) is 0 Å². The van der Waals surface area contributed by atoms with Gasteiger partial charge in [0, 0.05) is 34.1 Å². The predicted molar refractivity (Wildman–Crippen MR) is 105 cm³/mol. The molecule has 0 spiro atoms. The number of para-hydroxylation sites is 1. The number of fused-ring (bicyclic) bond motifs is 5. The van der Waals surface area contributed by atoms with Crippen LogP contribution < -0.4 is 9.47 Å². The lowest BCUT2D eigenvalue weighted by Gasteiger charge is -2.46. The number of hydrogen-bond donors (Lipinski definition) is 1. The van der Waals surface area contributed by atoms with Crippen molar-refractivity contribution in [2.24, 2.45) is 0 Å². The second-order valence-corrected chi connectivity index (χ2v) is 6.45. The van der Waals surface area contributed by atoms with Gasteiger partial charge in [-0.25, -0.2) is 0 Å². The highest BCUT2D eigenvalue weighted by molar-refractivity contribution is 5.97. The number of hydrogen-bond acceptors (Lipinski definition) is 4. The average Bonchev–Trinajstić information content (AvgIpc) is 3.45. The van der Waals surface area contributed by atoms with Crippen molar-refractivity contribution >= 4 is 22.7 Å². The van der Waals surface area contributed by atoms with Crippen molar-refractivity contribution in [1.82, 2.24) is 14.8 Å². The van der Waals surface area contributed by atoms with Gasteiger partial charge in [0.1, 0.15) is 8.78 Å². The summed E-state index contributed by atoms with van der Waals surface area (Å²) in [7, 11) is 0. The van der Waals surface area contributed by atoms with Crippen LogP contribution in [0.25, 0.3) is 10.9 Å². The van der Waals surface area contributed by atoms with E-state index >= 15 is 0 Å². The molecule has 4 heterocycles. The van der Waals surface area contributed by atoms with E-state index in [4.69, 9.17) is 28.7 Å². The Bertz CT molecular complexity index is 1860. The predicted octanol–water partition coefficient (Wildman–Crippen LogP) is 2.21. The van der Waals surface area contributed by atoms with Crippen molar-refractivity contribution in [3.8, 4) is 11.5 Å². The van der Waals surface area contributed by atoms with Gasteiger partial charge in [0.2, 0.25) is 18.6 Å². The van der Waals surface area contributed by atoms with Gasteiger partial charge in [0.25, 0.3) is 0 Å². The van der Waals surface area contributed by atoms with Crippen molar-refractivity contribution in [3.63, 3.8) is 0 Å². The fourth-order valence-electron chi connectivity index (χ4n) is 3.71. The number of carbonyl (C=O) groups is 2. The quantitative estimate of drug-likeness (QED) is 0.675. The van der Waals surface area contributed by atoms with Gasteiger partial charge < -0.3 is 24.3 Å². The zero-order chi connectivity index (χ0) is 32.8. The summed E-state index contributed by atoms with van der Waals surface area (Å²) in [6, 6.07) is -10.5. The number of benzene rings is 2. The molecule has 1 saturated heterocycles. The highest BCUT2D eigenvalue weighted by Crippen LogP contribution is 2.44. The van der Waals surface area contributed by atoms with Crippen LogP contribution in [0.5, 0.6) is 11.5 Å². The second-order valence-electron chi connectivity index (χ2n) is 6.45. The van der Waals surface area contributed by atoms with Crippen LogP contribution in [-0.2, 0) is 16.0 Å². The van der Waals surface area contributed by atoms with Crippen LogP contribution in [0.15, 0.2) is 42.3 Å². The minimum Gasteiger partial charge on any atom is -0.454 e. The molecular weight excluding hydrogens is 370 g/mol. The molecule has 7 nitrogen and oxygen atoms in total. The molecule has 1 aromatic heterocycles. The number of H-pyrrole nitrogens is 1. The first-order valence-electron chi connectivity index (χ1n) is 15.9. The molecule has 2 atom stereocenters. The van der Waals surface area contributed by atoms with E-state index in [1.165, 1.54) is 0 Å². The first kappa shape index (κ1) is 7.40. The van der Waals surface area contributed by atoms with Gasteiger partial charge in [-0.1, -0.05) is 24.2 Å². The summed E-state index contributed by atoms with van der Waals surface area (Å²) >= 11 is 0. The monoisotopic (exact) mass is 404 g/mol. The third-order valence-corrected chi connectivity index (χ3v) is 4.93. The summed E-state index contributed by atoms with van der Waals surface area (Å²) < 4.78 is 134. The van der Waals surface area contributed by atoms with Crippen molar-refractivity contribution in [1.29, 1.82) is 0 Å². The van der Waals surface area contributed by atoms with Gasteiger partial charge in [-0.15, -0.1) is 0 Å². The number of piperazine rings is 1. The van der Waals surface area contributed by atoms with Crippen LogP contribution >= 0.6 is 0 Å². The molecule has 1 fully saturated rings. The maximum atomic E-state index is 13.9. The van der Waals surface area contributed by atoms with Gasteiger partial charge in [-0.2, -0.15) is 0 Å². The van der Waals surface area contributed by atoms with Crippen LogP contribution in [0.2, 0.25) is 0 Å². The molecule has 3 aliphatic rings. The van der Waals surface area contributed by atoms with E-state index in [9.17, 15) is 11.0 Å². The zero-order valence-corrected chi connectivity index (χ0v) is 14.3. The fourth-order valence-corrected chi connectivity index (χ4v) is 3.71. The summed E-state index contributed by atoms with van der Waals surface area (Å²) in [4.78, 5) is 30.5. The van der Waals surface area contributed by atoms with E-state index in [-0.39, 0.29) is 21.4 Å². The minimum atomic E-state index is -3.60. The molecule has 2 amide bonds. The Labute approximate surface area is 187 Å². The van der Waals surface area contributed by atoms with E-state index in [0.29, 0.717) is 4.90 Å². The molecule has 6 rings (SSSR count). The molecule has 2 aromatic carbocycles. The lowest BCUT2D eigenvalue weighted by Crippen LogP contribution is -2.62. The summed E-state index contributed by atoms with van der Waals surface area (Å²) in [6.07, 6.45) is -0.660. The van der Waals surface area contributed by atoms with Crippen molar-refractivity contribution in [2.75, 3.05) is 20.2 Å². The smallest absolute Gasteiger partial charge is 0.245 e. The fraction of sp³-hybridized carbons (Fsp3) is 0.273. The van der Waals surface area contributed by atoms with Crippen molar-refractivity contribution in [2.45, 2.75) is 18.5 Å². The van der Waals surface area contributed by atoms with Gasteiger partial charge in [0.05, 0.1) is 26.2 Å². The van der Waals surface area contributed by atoms with E-state index in [2.05, 4.69) is 4.98 Å². The number of nitrogens with zero attached hydrogens (tertiary/aromatic N) is 2. The molecule has 0 saturated carbocycles. The highest BCUT2D eigenvalue weighted by atomic mass is 16.7. The molecular formula is C22H19N3O4. The highest BCUT2D eigenvalue weighted by Gasteiger charge is 2.47. The van der Waals surface area contributed by atoms with Crippen LogP contribution in [-0.4, -0.2) is 52.9 Å². The maximum absolute atomic E-state index is 13.9. The summed E-state index contributed by atoms with van der Waals surface area (Å²) in [6.45, 7) is -9.99. The molecule has 29 heavy (non-hydrogen) atoms. The average molecular weight is 405 g/mol. The Kier molecular flexibility index (Phi) is 1.47. The normalized spacial score (nSPS) is 36.7. The zero-order valence-electron chi connectivity index (χ0n) is 29.3. The van der Waals surface area contributed by atoms with Crippen LogP contribution in [0.1, 0.15) is 43.4 Å². The first-order chi connectivity index (χ1) is 20.1. The number of aromatic nitrogens is 1. The SMILES string of the molecule is [2H]c1c([2H])c([C@]2([2H])c3[nH]c4c([2H])c([2H])c([2H])c([2H])c4c3C[C@@H]3C(=O)N(C([2H])([2H])[2H])C([2H])([2H])C(=O)N32)c([2H])c2c1OC([2H])([2H])O2. The molecule has 3 aromatic rings. The molecule has 146 valence electrons. The minimum absolute atomic E-state index is 0.185. The number of ether oxygens (including phenoxy) is 2. The topological polar surface area (TPSA) is 74.9 Å². The molecule has 0 aliphatic carbocycles. The summed E-state index contributed by atoms with van der Waals surface area (Å²) in [5.74, 6) is -4.65. The van der Waals surface area contributed by atoms with Gasteiger partial charge in [0.15, 0.2) is 11.5 Å². The lowest BCUT2D eigenvalue weighted by molar-refractivity contribution is -0.157. The Morgan fingerprint density at radius 2 is 2.10 bits per heavy atom. The Morgan fingerprint density at radius 3 is 3.00 bits per heavy atom. The Morgan fingerprint density at radius 1 is 1.24 bits per heavy atom. The number of carbonyl (C=O) groups excluding carboxylic acids is 2. The van der Waals surface area contributed by atoms with Crippen molar-refractivity contribution < 1.29 is 39.6 Å². The van der Waals surface area contributed by atoms with Crippen LogP contribution in [0.3, 0.4) is 0 Å². The van der Waals surface area contributed by atoms with Gasteiger partial charge in [-0.05, 0) is 29.3 Å².